The lowest BCUT2D eigenvalue weighted by molar-refractivity contribution is -0.158. The summed E-state index contributed by atoms with van der Waals surface area (Å²) in [4.78, 5) is 25.7. The molecule has 0 radical (unpaired) electrons. The molecule has 2 rings (SSSR count). The third-order valence-corrected chi connectivity index (χ3v) is 4.55. The first-order valence-electron chi connectivity index (χ1n) is 7.62. The van der Waals surface area contributed by atoms with Crippen LogP contribution in [0.1, 0.15) is 58.8 Å². The number of hydrogen-bond donors (Lipinski definition) is 2. The van der Waals surface area contributed by atoms with Crippen molar-refractivity contribution in [1.29, 1.82) is 0 Å². The molecule has 0 aromatic carbocycles. The van der Waals surface area contributed by atoms with Crippen LogP contribution >= 0.6 is 0 Å². The van der Waals surface area contributed by atoms with E-state index in [9.17, 15) is 14.7 Å². The van der Waals surface area contributed by atoms with Crippen molar-refractivity contribution in [1.82, 2.24) is 4.90 Å². The third-order valence-electron chi connectivity index (χ3n) is 4.55. The Morgan fingerprint density at radius 3 is 2.45 bits per heavy atom. The summed E-state index contributed by atoms with van der Waals surface area (Å²) < 4.78 is 0. The second kappa shape index (κ2) is 5.72. The number of aliphatic carboxylic acids is 1. The molecule has 1 aliphatic heterocycles. The van der Waals surface area contributed by atoms with E-state index in [1.807, 2.05) is 13.8 Å². The largest absolute Gasteiger partial charge is 0.480 e. The molecule has 0 bridgehead atoms. The molecule has 1 saturated heterocycles. The number of piperidine rings is 1. The molecule has 1 amide bonds. The van der Waals surface area contributed by atoms with E-state index in [1.54, 1.807) is 4.90 Å². The molecular formula is C15H26N2O3. The van der Waals surface area contributed by atoms with Crippen molar-refractivity contribution in [3.63, 3.8) is 0 Å². The predicted molar refractivity (Wildman–Crippen MR) is 76.1 cm³/mol. The molecule has 20 heavy (non-hydrogen) atoms. The molecule has 3 unspecified atom stereocenters. The zero-order chi connectivity index (χ0) is 14.9. The van der Waals surface area contributed by atoms with Gasteiger partial charge in [0.1, 0.15) is 6.04 Å². The van der Waals surface area contributed by atoms with Crippen molar-refractivity contribution in [3.05, 3.63) is 0 Å². The SMILES string of the molecule is CC(C)(N)CC(=O)N1C(C(=O)O)CCC2CCCCC21. The molecule has 1 aliphatic carbocycles. The van der Waals surface area contributed by atoms with Gasteiger partial charge in [0, 0.05) is 18.0 Å². The predicted octanol–water partition coefficient (Wildman–Crippen LogP) is 1.75. The molecule has 3 atom stereocenters. The molecule has 1 heterocycles. The van der Waals surface area contributed by atoms with Crippen LogP contribution in [-0.4, -0.2) is 39.5 Å². The number of carbonyl (C=O) groups excluding carboxylic acids is 1. The van der Waals surface area contributed by atoms with Gasteiger partial charge in [-0.1, -0.05) is 12.8 Å². The molecule has 1 saturated carbocycles. The minimum atomic E-state index is -0.878. The highest BCUT2D eigenvalue weighted by atomic mass is 16.4. The molecule has 2 fully saturated rings. The van der Waals surface area contributed by atoms with E-state index in [4.69, 9.17) is 5.73 Å². The van der Waals surface area contributed by atoms with Crippen LogP contribution < -0.4 is 5.73 Å². The first-order chi connectivity index (χ1) is 9.29. The highest BCUT2D eigenvalue weighted by Crippen LogP contribution is 2.38. The summed E-state index contributed by atoms with van der Waals surface area (Å²) in [6.45, 7) is 3.62. The number of likely N-dealkylation sites (tertiary alicyclic amines) is 1. The standard InChI is InChI=1S/C15H26N2O3/c1-15(2,16)9-13(18)17-11-6-4-3-5-10(11)7-8-12(17)14(19)20/h10-12H,3-9,16H2,1-2H3,(H,19,20). The molecular weight excluding hydrogens is 256 g/mol. The van der Waals surface area contributed by atoms with Gasteiger partial charge in [-0.05, 0) is 45.4 Å². The van der Waals surface area contributed by atoms with Gasteiger partial charge < -0.3 is 15.7 Å². The lowest BCUT2D eigenvalue weighted by atomic mass is 9.76. The van der Waals surface area contributed by atoms with Crippen LogP contribution in [0.5, 0.6) is 0 Å². The van der Waals surface area contributed by atoms with E-state index in [-0.39, 0.29) is 18.4 Å². The minimum absolute atomic E-state index is 0.0958. The summed E-state index contributed by atoms with van der Waals surface area (Å²) >= 11 is 0. The van der Waals surface area contributed by atoms with E-state index in [0.29, 0.717) is 12.3 Å². The Balaban J connectivity index is 2.20. The smallest absolute Gasteiger partial charge is 0.326 e. The van der Waals surface area contributed by atoms with Crippen molar-refractivity contribution >= 4 is 11.9 Å². The van der Waals surface area contributed by atoms with Gasteiger partial charge in [-0.25, -0.2) is 4.79 Å². The molecule has 5 nitrogen and oxygen atoms in total. The Labute approximate surface area is 120 Å². The molecule has 0 spiro atoms. The van der Waals surface area contributed by atoms with E-state index in [1.165, 1.54) is 6.42 Å². The van der Waals surface area contributed by atoms with E-state index in [2.05, 4.69) is 0 Å². The van der Waals surface area contributed by atoms with Crippen molar-refractivity contribution in [2.24, 2.45) is 11.7 Å². The second-order valence-electron chi connectivity index (χ2n) is 7.01. The molecule has 0 aromatic rings. The van der Waals surface area contributed by atoms with Crippen LogP contribution in [0.2, 0.25) is 0 Å². The lowest BCUT2D eigenvalue weighted by Crippen LogP contribution is -2.58. The molecule has 114 valence electrons. The fourth-order valence-corrected chi connectivity index (χ4v) is 3.72. The topological polar surface area (TPSA) is 83.6 Å². The lowest BCUT2D eigenvalue weighted by Gasteiger charge is -2.47. The van der Waals surface area contributed by atoms with Crippen LogP contribution in [0.25, 0.3) is 0 Å². The van der Waals surface area contributed by atoms with Crippen LogP contribution in [0.3, 0.4) is 0 Å². The number of amides is 1. The second-order valence-corrected chi connectivity index (χ2v) is 7.01. The summed E-state index contributed by atoms with van der Waals surface area (Å²) in [6.07, 6.45) is 6.05. The summed E-state index contributed by atoms with van der Waals surface area (Å²) in [5, 5.41) is 9.42. The van der Waals surface area contributed by atoms with Gasteiger partial charge in [0.2, 0.25) is 5.91 Å². The van der Waals surface area contributed by atoms with E-state index >= 15 is 0 Å². The maximum Gasteiger partial charge on any atom is 0.326 e. The number of carbonyl (C=O) groups is 2. The maximum absolute atomic E-state index is 12.6. The zero-order valence-corrected chi connectivity index (χ0v) is 12.5. The Kier molecular flexibility index (Phi) is 4.37. The van der Waals surface area contributed by atoms with Gasteiger partial charge in [-0.15, -0.1) is 0 Å². The molecule has 3 N–H and O–H groups in total. The number of rotatable bonds is 3. The van der Waals surface area contributed by atoms with Crippen molar-refractivity contribution in [3.8, 4) is 0 Å². The van der Waals surface area contributed by atoms with Crippen molar-refractivity contribution in [2.45, 2.75) is 76.4 Å². The Morgan fingerprint density at radius 1 is 1.20 bits per heavy atom. The first kappa shape index (κ1) is 15.3. The molecule has 5 heteroatoms. The summed E-state index contributed by atoms with van der Waals surface area (Å²) in [7, 11) is 0. The molecule has 0 aromatic heterocycles. The summed E-state index contributed by atoms with van der Waals surface area (Å²) in [5.41, 5.74) is 5.34. The monoisotopic (exact) mass is 282 g/mol. The van der Waals surface area contributed by atoms with Crippen LogP contribution in [-0.2, 0) is 9.59 Å². The van der Waals surface area contributed by atoms with Crippen LogP contribution in [0.4, 0.5) is 0 Å². The number of nitrogens with zero attached hydrogens (tertiary/aromatic N) is 1. The quantitative estimate of drug-likeness (QED) is 0.826. The number of hydrogen-bond acceptors (Lipinski definition) is 3. The Hall–Kier alpha value is -1.10. The average molecular weight is 282 g/mol. The van der Waals surface area contributed by atoms with Gasteiger partial charge in [0.15, 0.2) is 0 Å². The Morgan fingerprint density at radius 2 is 1.85 bits per heavy atom. The normalized spacial score (nSPS) is 30.8. The van der Waals surface area contributed by atoms with E-state index < -0.39 is 17.6 Å². The number of carboxylic acids is 1. The minimum Gasteiger partial charge on any atom is -0.480 e. The third kappa shape index (κ3) is 3.32. The van der Waals surface area contributed by atoms with Gasteiger partial charge >= 0.3 is 5.97 Å². The van der Waals surface area contributed by atoms with Gasteiger partial charge in [0.05, 0.1) is 0 Å². The van der Waals surface area contributed by atoms with Crippen molar-refractivity contribution in [2.75, 3.05) is 0 Å². The average Bonchev–Trinajstić information content (AvgIpc) is 2.35. The van der Waals surface area contributed by atoms with Gasteiger partial charge in [-0.3, -0.25) is 4.79 Å². The Bertz CT molecular complexity index is 389. The number of nitrogens with two attached hydrogens (primary N) is 1. The van der Waals surface area contributed by atoms with E-state index in [0.717, 1.165) is 25.7 Å². The summed E-state index contributed by atoms with van der Waals surface area (Å²) in [5.74, 6) is -0.497. The fourth-order valence-electron chi connectivity index (χ4n) is 3.72. The zero-order valence-electron chi connectivity index (χ0n) is 12.5. The van der Waals surface area contributed by atoms with Gasteiger partial charge in [-0.2, -0.15) is 0 Å². The highest BCUT2D eigenvalue weighted by molar-refractivity contribution is 5.84. The number of carboxylic acid groups (broad SMARTS) is 1. The highest BCUT2D eigenvalue weighted by Gasteiger charge is 2.44. The summed E-state index contributed by atoms with van der Waals surface area (Å²) in [6, 6.07) is -0.558. The maximum atomic E-state index is 12.6. The first-order valence-corrected chi connectivity index (χ1v) is 7.62. The van der Waals surface area contributed by atoms with Crippen LogP contribution in [0, 0.1) is 5.92 Å². The number of fused-ring (bicyclic) bond motifs is 1. The fraction of sp³-hybridized carbons (Fsp3) is 0.867. The van der Waals surface area contributed by atoms with Gasteiger partial charge in [0.25, 0.3) is 0 Å². The van der Waals surface area contributed by atoms with Crippen molar-refractivity contribution < 1.29 is 14.7 Å². The van der Waals surface area contributed by atoms with Crippen LogP contribution in [0.15, 0.2) is 0 Å². The molecule has 2 aliphatic rings.